The van der Waals surface area contributed by atoms with Crippen LogP contribution in [0, 0.1) is 17.5 Å². The molecule has 56 heavy (non-hydrogen) atoms. The highest BCUT2D eigenvalue weighted by Crippen LogP contribution is 2.21. The van der Waals surface area contributed by atoms with Crippen LogP contribution in [-0.4, -0.2) is 70.1 Å². The number of hydrogen-bond donors (Lipinski definition) is 5. The molecule has 6 rings (SSSR count). The predicted molar refractivity (Wildman–Crippen MR) is 207 cm³/mol. The van der Waals surface area contributed by atoms with E-state index in [0.717, 1.165) is 43.6 Å². The van der Waals surface area contributed by atoms with Crippen LogP contribution in [-0.2, 0) is 35.6 Å². The number of halogens is 3. The number of anilines is 1. The number of fused-ring (bicyclic) bond motifs is 1. The Hall–Kier alpha value is -5.93. The molecule has 15 heteroatoms. The summed E-state index contributed by atoms with van der Waals surface area (Å²) in [7, 11) is 0. The van der Waals surface area contributed by atoms with E-state index >= 15 is 0 Å². The van der Waals surface area contributed by atoms with Gasteiger partial charge in [-0.15, -0.1) is 0 Å². The maximum Gasteiger partial charge on any atom is 0.329 e. The second kappa shape index (κ2) is 18.6. The molecule has 0 bridgehead atoms. The number of aromatic nitrogens is 2. The van der Waals surface area contributed by atoms with Crippen LogP contribution in [0.4, 0.5) is 23.7 Å². The fourth-order valence-electron chi connectivity index (χ4n) is 6.84. The number of carbonyl (C=O) groups excluding carboxylic acids is 3. The Morgan fingerprint density at radius 2 is 1.45 bits per heavy atom. The molecule has 0 spiro atoms. The summed E-state index contributed by atoms with van der Waals surface area (Å²) in [5, 5.41) is 10.8. The van der Waals surface area contributed by atoms with Crippen molar-refractivity contribution in [1.29, 1.82) is 0 Å². The lowest BCUT2D eigenvalue weighted by Gasteiger charge is -2.23. The second-order valence-corrected chi connectivity index (χ2v) is 13.8. The lowest BCUT2D eigenvalue weighted by molar-refractivity contribution is -0.130. The normalized spacial score (nSPS) is 14.0. The Balaban J connectivity index is 1.22. The second-order valence-electron chi connectivity index (χ2n) is 13.8. The summed E-state index contributed by atoms with van der Waals surface area (Å²) in [5.74, 6) is -3.84. The Kier molecular flexibility index (Phi) is 13.2. The summed E-state index contributed by atoms with van der Waals surface area (Å²) < 4.78 is 44.9. The maximum absolute atomic E-state index is 14.2. The molecule has 1 fully saturated rings. The largest absolute Gasteiger partial charge is 0.350 e. The number of likely N-dealkylation sites (tertiary alicyclic amines) is 1. The smallest absolute Gasteiger partial charge is 0.329 e. The van der Waals surface area contributed by atoms with Crippen LogP contribution < -0.4 is 32.7 Å². The summed E-state index contributed by atoms with van der Waals surface area (Å²) in [6.45, 7) is 3.52. The van der Waals surface area contributed by atoms with Crippen molar-refractivity contribution in [2.75, 3.05) is 31.5 Å². The number of nitrogens with two attached hydrogens (primary N) is 1. The van der Waals surface area contributed by atoms with Gasteiger partial charge in [-0.3, -0.25) is 18.7 Å². The van der Waals surface area contributed by atoms with Crippen molar-refractivity contribution in [3.8, 4) is 0 Å². The van der Waals surface area contributed by atoms with Crippen LogP contribution in [0.15, 0.2) is 95.8 Å². The topological polar surface area (TPSA) is 156 Å². The fraction of sp³-hybridized carbons (Fsp3) is 0.317. The van der Waals surface area contributed by atoms with Crippen molar-refractivity contribution >= 4 is 34.6 Å². The lowest BCUT2D eigenvalue weighted by Crippen LogP contribution is -2.55. The van der Waals surface area contributed by atoms with Gasteiger partial charge in [0.15, 0.2) is 11.6 Å². The zero-order chi connectivity index (χ0) is 39.6. The van der Waals surface area contributed by atoms with Gasteiger partial charge in [-0.2, -0.15) is 0 Å². The Morgan fingerprint density at radius 1 is 0.714 bits per heavy atom. The highest BCUT2D eigenvalue weighted by molar-refractivity contribution is 5.96. The molecular weight excluding hydrogens is 725 g/mol. The molecule has 12 nitrogen and oxygen atoms in total. The molecule has 1 saturated heterocycles. The number of nitrogens with zero attached hydrogens (tertiary/aromatic N) is 3. The average Bonchev–Trinajstić information content (AvgIpc) is 3.80. The van der Waals surface area contributed by atoms with Crippen LogP contribution >= 0.6 is 0 Å². The van der Waals surface area contributed by atoms with E-state index in [-0.39, 0.29) is 43.7 Å². The molecule has 2 atom stereocenters. The first-order chi connectivity index (χ1) is 27.1. The minimum atomic E-state index is -1.34. The Bertz CT molecular complexity index is 2200. The molecule has 294 valence electrons. The van der Waals surface area contributed by atoms with E-state index in [0.29, 0.717) is 35.4 Å². The summed E-state index contributed by atoms with van der Waals surface area (Å²) in [5.41, 5.74) is 8.76. The van der Waals surface area contributed by atoms with Crippen LogP contribution in [0.2, 0.25) is 0 Å². The van der Waals surface area contributed by atoms with E-state index in [1.165, 1.54) is 18.2 Å². The highest BCUT2D eigenvalue weighted by Gasteiger charge is 2.27. The summed E-state index contributed by atoms with van der Waals surface area (Å²) in [6, 6.07) is 20.0. The number of nitrogens with one attached hydrogen (secondary N) is 4. The number of benzene rings is 4. The number of carbonyl (C=O) groups is 3. The summed E-state index contributed by atoms with van der Waals surface area (Å²) in [4.78, 5) is 56.6. The molecule has 0 unspecified atom stereocenters. The predicted octanol–water partition coefficient (Wildman–Crippen LogP) is 4.25. The number of amides is 4. The standard InChI is InChI=1S/C41H45F3N8O4/c42-30-11-8-28(9-12-30)26-52-37-24-31(13-15-36(37)51(41(52)56)21-20-50-18-4-5-19-50)47-40(55)49-35(23-29-10-14-32(43)33(44)22-29)39(54)48-34(16-17-45)38(53)46-25-27-6-2-1-3-7-27/h1-3,6-15,22,24,34-35H,4-5,16-21,23,25-26,45H2,(H,46,53)(H,48,54)(H2,47,49,55)/t34-,35-/m0/s1. The van der Waals surface area contributed by atoms with E-state index in [1.807, 2.05) is 30.3 Å². The molecule has 1 aliphatic heterocycles. The fourth-order valence-corrected chi connectivity index (χ4v) is 6.84. The molecule has 0 radical (unpaired) electrons. The third kappa shape index (κ3) is 10.2. The van der Waals surface area contributed by atoms with Crippen molar-refractivity contribution in [1.82, 2.24) is 30.0 Å². The maximum atomic E-state index is 14.2. The van der Waals surface area contributed by atoms with Crippen LogP contribution in [0.1, 0.15) is 36.0 Å². The van der Waals surface area contributed by atoms with Crippen molar-refractivity contribution < 1.29 is 27.6 Å². The van der Waals surface area contributed by atoms with Gasteiger partial charge in [0, 0.05) is 31.7 Å². The van der Waals surface area contributed by atoms with Gasteiger partial charge in [0.05, 0.1) is 17.6 Å². The average molecular weight is 771 g/mol. The molecule has 1 aromatic heterocycles. The van der Waals surface area contributed by atoms with Crippen LogP contribution in [0.3, 0.4) is 0 Å². The van der Waals surface area contributed by atoms with Crippen molar-refractivity contribution in [2.45, 2.75) is 57.4 Å². The molecule has 4 aromatic carbocycles. The number of hydrogen-bond acceptors (Lipinski definition) is 6. The van der Waals surface area contributed by atoms with Gasteiger partial charge in [-0.25, -0.2) is 22.8 Å². The molecule has 0 saturated carbocycles. The Morgan fingerprint density at radius 3 is 2.16 bits per heavy atom. The summed E-state index contributed by atoms with van der Waals surface area (Å²) >= 11 is 0. The third-order valence-corrected chi connectivity index (χ3v) is 9.81. The SMILES string of the molecule is NCC[C@H](NC(=O)[C@H](Cc1ccc(F)c(F)c1)NC(=O)Nc1ccc2c(c1)n(Cc1ccc(F)cc1)c(=O)n2CCN1CCCC1)C(=O)NCc1ccccc1. The van der Waals surface area contributed by atoms with Gasteiger partial charge in [0.25, 0.3) is 0 Å². The lowest BCUT2D eigenvalue weighted by atomic mass is 10.0. The van der Waals surface area contributed by atoms with Gasteiger partial charge in [0.1, 0.15) is 17.9 Å². The Labute approximate surface area is 321 Å². The minimum Gasteiger partial charge on any atom is -0.350 e. The van der Waals surface area contributed by atoms with E-state index in [9.17, 15) is 32.3 Å². The van der Waals surface area contributed by atoms with E-state index < -0.39 is 47.4 Å². The molecule has 5 aromatic rings. The van der Waals surface area contributed by atoms with E-state index in [4.69, 9.17) is 5.73 Å². The zero-order valence-electron chi connectivity index (χ0n) is 30.8. The van der Waals surface area contributed by atoms with Crippen molar-refractivity contribution in [3.63, 3.8) is 0 Å². The monoisotopic (exact) mass is 770 g/mol. The third-order valence-electron chi connectivity index (χ3n) is 9.81. The number of imidazole rings is 1. The first-order valence-corrected chi connectivity index (χ1v) is 18.6. The molecule has 4 amide bonds. The van der Waals surface area contributed by atoms with Gasteiger partial charge in [-0.05, 0) is 98.1 Å². The van der Waals surface area contributed by atoms with Crippen LogP contribution in [0.5, 0.6) is 0 Å². The van der Waals surface area contributed by atoms with Crippen molar-refractivity contribution in [3.05, 3.63) is 136 Å². The summed E-state index contributed by atoms with van der Waals surface area (Å²) in [6.07, 6.45) is 2.07. The van der Waals surface area contributed by atoms with Gasteiger partial charge < -0.3 is 31.9 Å². The number of rotatable bonds is 16. The molecule has 1 aliphatic rings. The van der Waals surface area contributed by atoms with Gasteiger partial charge >= 0.3 is 11.7 Å². The molecular formula is C41H45F3N8O4. The van der Waals surface area contributed by atoms with Crippen LogP contribution in [0.25, 0.3) is 11.0 Å². The molecule has 0 aliphatic carbocycles. The quantitative estimate of drug-likeness (QED) is 0.101. The highest BCUT2D eigenvalue weighted by atomic mass is 19.2. The minimum absolute atomic E-state index is 0.0696. The van der Waals surface area contributed by atoms with Gasteiger partial charge in [0.2, 0.25) is 11.8 Å². The first kappa shape index (κ1) is 39.8. The molecule has 6 N–H and O–H groups in total. The number of urea groups is 1. The zero-order valence-corrected chi connectivity index (χ0v) is 30.8. The van der Waals surface area contributed by atoms with E-state index in [1.54, 1.807) is 39.5 Å². The first-order valence-electron chi connectivity index (χ1n) is 18.6. The van der Waals surface area contributed by atoms with E-state index in [2.05, 4.69) is 26.2 Å². The van der Waals surface area contributed by atoms with Crippen molar-refractivity contribution in [2.24, 2.45) is 5.73 Å². The molecule has 2 heterocycles. The van der Waals surface area contributed by atoms with Gasteiger partial charge in [-0.1, -0.05) is 48.5 Å².